The second kappa shape index (κ2) is 4.06. The monoisotopic (exact) mass is 208 g/mol. The highest BCUT2D eigenvalue weighted by molar-refractivity contribution is 7.87. The van der Waals surface area contributed by atoms with Crippen LogP contribution in [0.2, 0.25) is 0 Å². The van der Waals surface area contributed by atoms with Gasteiger partial charge in [0.2, 0.25) is 5.44 Å². The maximum absolute atomic E-state index is 11.1. The molecular formula is C7H12O5S. The number of carbonyl (C=O) groups is 1. The third-order valence-corrected chi connectivity index (χ3v) is 3.18. The van der Waals surface area contributed by atoms with Crippen LogP contribution in [-0.2, 0) is 23.8 Å². The average molecular weight is 208 g/mol. The molecule has 1 heterocycles. The molecule has 76 valence electrons. The maximum Gasteiger partial charge on any atom is 0.306 e. The molecule has 0 spiro atoms. The molecule has 0 aromatic heterocycles. The van der Waals surface area contributed by atoms with Gasteiger partial charge in [0.25, 0.3) is 0 Å². The van der Waals surface area contributed by atoms with Gasteiger partial charge in [-0.3, -0.25) is 8.98 Å². The van der Waals surface area contributed by atoms with Gasteiger partial charge in [0.15, 0.2) is 0 Å². The van der Waals surface area contributed by atoms with Gasteiger partial charge in [-0.25, -0.2) is 0 Å². The number of rotatable bonds is 2. The van der Waals surface area contributed by atoms with E-state index in [1.54, 1.807) is 6.92 Å². The summed E-state index contributed by atoms with van der Waals surface area (Å²) >= 11 is 0. The van der Waals surface area contributed by atoms with Gasteiger partial charge in [0.05, 0.1) is 6.61 Å². The molecular weight excluding hydrogens is 196 g/mol. The van der Waals surface area contributed by atoms with Gasteiger partial charge < -0.3 is 4.74 Å². The Morgan fingerprint density at radius 3 is 2.85 bits per heavy atom. The molecule has 1 rings (SSSR count). The molecule has 1 fully saturated rings. The van der Waals surface area contributed by atoms with E-state index in [9.17, 15) is 13.2 Å². The largest absolute Gasteiger partial charge is 0.443 e. The van der Waals surface area contributed by atoms with Crippen LogP contribution in [0.4, 0.5) is 0 Å². The van der Waals surface area contributed by atoms with Gasteiger partial charge in [0.1, 0.15) is 0 Å². The first-order chi connectivity index (χ1) is 6.06. The average Bonchev–Trinajstić information content (AvgIpc) is 2.08. The van der Waals surface area contributed by atoms with Crippen LogP contribution in [0, 0.1) is 0 Å². The molecule has 0 N–H and O–H groups in total. The molecule has 1 aliphatic rings. The molecule has 1 unspecified atom stereocenters. The summed E-state index contributed by atoms with van der Waals surface area (Å²) in [5.74, 6) is -0.515. The first kappa shape index (κ1) is 10.5. The Labute approximate surface area is 77.1 Å². The van der Waals surface area contributed by atoms with Crippen molar-refractivity contribution in [2.24, 2.45) is 0 Å². The molecule has 0 bridgehead atoms. The van der Waals surface area contributed by atoms with Gasteiger partial charge in [-0.2, -0.15) is 8.42 Å². The fraction of sp³-hybridized carbons (Fsp3) is 0.857. The molecule has 0 aromatic rings. The van der Waals surface area contributed by atoms with Crippen LogP contribution in [0.1, 0.15) is 26.2 Å². The second-order valence-corrected chi connectivity index (χ2v) is 4.48. The summed E-state index contributed by atoms with van der Waals surface area (Å²) in [6, 6.07) is 0. The Bertz CT molecular complexity index is 281. The zero-order valence-corrected chi connectivity index (χ0v) is 8.17. The van der Waals surface area contributed by atoms with Crippen molar-refractivity contribution in [3.63, 3.8) is 0 Å². The molecule has 6 heteroatoms. The maximum atomic E-state index is 11.1. The minimum absolute atomic E-state index is 0.173. The lowest BCUT2D eigenvalue weighted by atomic mass is 10.3. The summed E-state index contributed by atoms with van der Waals surface area (Å²) in [5.41, 5.74) is -1.10. The lowest BCUT2D eigenvalue weighted by molar-refractivity contribution is -0.146. The molecule has 0 saturated carbocycles. The third kappa shape index (κ3) is 2.67. The van der Waals surface area contributed by atoms with Gasteiger partial charge in [-0.15, -0.1) is 0 Å². The Kier molecular flexibility index (Phi) is 3.27. The molecule has 1 aliphatic heterocycles. The predicted octanol–water partition coefficient (Wildman–Crippen LogP) is 0.406. The van der Waals surface area contributed by atoms with Gasteiger partial charge in [0, 0.05) is 12.8 Å². The molecule has 0 aliphatic carbocycles. The molecule has 0 aromatic carbocycles. The van der Waals surface area contributed by atoms with Crippen LogP contribution in [0.3, 0.4) is 0 Å². The van der Waals surface area contributed by atoms with Crippen molar-refractivity contribution in [2.45, 2.75) is 31.6 Å². The van der Waals surface area contributed by atoms with Crippen LogP contribution >= 0.6 is 0 Å². The first-order valence-corrected chi connectivity index (χ1v) is 5.61. The minimum atomic E-state index is -3.67. The number of ether oxygens (including phenoxy) is 1. The van der Waals surface area contributed by atoms with Gasteiger partial charge in [-0.1, -0.05) is 6.92 Å². The van der Waals surface area contributed by atoms with Crippen molar-refractivity contribution in [2.75, 3.05) is 6.61 Å². The molecule has 0 radical (unpaired) electrons. The second-order valence-electron chi connectivity index (χ2n) is 2.73. The number of hydrogen-bond donors (Lipinski definition) is 0. The number of hydrogen-bond acceptors (Lipinski definition) is 5. The first-order valence-electron chi connectivity index (χ1n) is 4.14. The smallest absolute Gasteiger partial charge is 0.306 e. The third-order valence-electron chi connectivity index (χ3n) is 1.71. The summed E-state index contributed by atoms with van der Waals surface area (Å²) in [6.07, 6.45) is 1.10. The predicted molar refractivity (Wildman–Crippen MR) is 44.3 cm³/mol. The van der Waals surface area contributed by atoms with E-state index in [0.717, 1.165) is 0 Å². The zero-order valence-electron chi connectivity index (χ0n) is 7.36. The number of esters is 1. The van der Waals surface area contributed by atoms with E-state index in [1.165, 1.54) is 0 Å². The molecule has 0 amide bonds. The SMILES string of the molecule is CCC(=O)OC1CCCOS1(=O)=O. The quantitative estimate of drug-likeness (QED) is 0.485. The van der Waals surface area contributed by atoms with Crippen LogP contribution in [0.15, 0.2) is 0 Å². The van der Waals surface area contributed by atoms with E-state index >= 15 is 0 Å². The molecule has 5 nitrogen and oxygen atoms in total. The van der Waals surface area contributed by atoms with Crippen LogP contribution in [-0.4, -0.2) is 26.4 Å². The van der Waals surface area contributed by atoms with Crippen molar-refractivity contribution in [3.8, 4) is 0 Å². The van der Waals surface area contributed by atoms with Crippen LogP contribution in [0.5, 0.6) is 0 Å². The van der Waals surface area contributed by atoms with Crippen LogP contribution in [0.25, 0.3) is 0 Å². The molecule has 1 saturated heterocycles. The standard InChI is InChI=1S/C7H12O5S/c1-2-6(8)12-7-4-3-5-11-13(7,9)10/h7H,2-5H2,1H3. The highest BCUT2D eigenvalue weighted by atomic mass is 32.2. The molecule has 1 atom stereocenters. The van der Waals surface area contributed by atoms with Gasteiger partial charge >= 0.3 is 16.1 Å². The van der Waals surface area contributed by atoms with Crippen molar-refractivity contribution in [3.05, 3.63) is 0 Å². The van der Waals surface area contributed by atoms with E-state index in [2.05, 4.69) is 4.18 Å². The van der Waals surface area contributed by atoms with E-state index < -0.39 is 21.5 Å². The highest BCUT2D eigenvalue weighted by Crippen LogP contribution is 2.19. The summed E-state index contributed by atoms with van der Waals surface area (Å²) in [4.78, 5) is 10.8. The van der Waals surface area contributed by atoms with Crippen molar-refractivity contribution in [1.29, 1.82) is 0 Å². The summed E-state index contributed by atoms with van der Waals surface area (Å²) in [7, 11) is -3.67. The lowest BCUT2D eigenvalue weighted by Crippen LogP contribution is -2.33. The minimum Gasteiger partial charge on any atom is -0.443 e. The lowest BCUT2D eigenvalue weighted by Gasteiger charge is -2.21. The highest BCUT2D eigenvalue weighted by Gasteiger charge is 2.32. The normalized spacial score (nSPS) is 26.7. The van der Waals surface area contributed by atoms with Crippen molar-refractivity contribution in [1.82, 2.24) is 0 Å². The zero-order chi connectivity index (χ0) is 9.90. The Morgan fingerprint density at radius 2 is 2.31 bits per heavy atom. The van der Waals surface area contributed by atoms with E-state index in [0.29, 0.717) is 12.8 Å². The Morgan fingerprint density at radius 1 is 1.62 bits per heavy atom. The Balaban J connectivity index is 2.62. The van der Waals surface area contributed by atoms with E-state index in [1.807, 2.05) is 0 Å². The number of carbonyl (C=O) groups excluding carboxylic acids is 1. The van der Waals surface area contributed by atoms with Gasteiger partial charge in [-0.05, 0) is 6.42 Å². The topological polar surface area (TPSA) is 69.7 Å². The van der Waals surface area contributed by atoms with E-state index in [4.69, 9.17) is 4.74 Å². The summed E-state index contributed by atoms with van der Waals surface area (Å²) in [6.45, 7) is 1.79. The van der Waals surface area contributed by atoms with Crippen molar-refractivity contribution < 1.29 is 22.1 Å². The van der Waals surface area contributed by atoms with Crippen LogP contribution < -0.4 is 0 Å². The summed E-state index contributed by atoms with van der Waals surface area (Å²) < 4.78 is 31.5. The molecule has 13 heavy (non-hydrogen) atoms. The van der Waals surface area contributed by atoms with E-state index in [-0.39, 0.29) is 13.0 Å². The Hall–Kier alpha value is -0.620. The fourth-order valence-electron chi connectivity index (χ4n) is 0.993. The summed E-state index contributed by atoms with van der Waals surface area (Å²) in [5, 5.41) is 0. The van der Waals surface area contributed by atoms with Crippen molar-refractivity contribution >= 4 is 16.1 Å². The fourth-order valence-corrected chi connectivity index (χ4v) is 2.18.